The highest BCUT2D eigenvalue weighted by Crippen LogP contribution is 2.37. The van der Waals surface area contributed by atoms with Gasteiger partial charge in [-0.1, -0.05) is 25.4 Å². The number of hydrogen-bond donors (Lipinski definition) is 0. The Morgan fingerprint density at radius 1 is 1.46 bits per heavy atom. The van der Waals surface area contributed by atoms with Gasteiger partial charge in [-0.05, 0) is 31.4 Å². The van der Waals surface area contributed by atoms with Gasteiger partial charge < -0.3 is 19.1 Å². The zero-order valence-electron chi connectivity index (χ0n) is 14.8. The predicted octanol–water partition coefficient (Wildman–Crippen LogP) is 3.63. The number of ether oxygens (including phenoxy) is 3. The van der Waals surface area contributed by atoms with Gasteiger partial charge in [0.25, 0.3) is 5.91 Å². The van der Waals surface area contributed by atoms with E-state index in [1.54, 1.807) is 24.1 Å². The Morgan fingerprint density at radius 3 is 2.83 bits per heavy atom. The molecule has 1 saturated heterocycles. The molecule has 2 rings (SSSR count). The zero-order chi connectivity index (χ0) is 17.7. The van der Waals surface area contributed by atoms with Crippen molar-refractivity contribution in [2.24, 2.45) is 5.92 Å². The van der Waals surface area contributed by atoms with Gasteiger partial charge in [0.05, 0.1) is 31.5 Å². The highest BCUT2D eigenvalue weighted by molar-refractivity contribution is 6.32. The molecular formula is C18H26ClNO4. The van der Waals surface area contributed by atoms with Crippen LogP contribution in [0.2, 0.25) is 5.02 Å². The largest absolute Gasteiger partial charge is 0.493 e. The molecule has 0 N–H and O–H groups in total. The maximum atomic E-state index is 12.7. The molecule has 1 amide bonds. The minimum Gasteiger partial charge on any atom is -0.493 e. The molecule has 0 unspecified atom stereocenters. The van der Waals surface area contributed by atoms with Gasteiger partial charge in [0.1, 0.15) is 0 Å². The highest BCUT2D eigenvalue weighted by atomic mass is 35.5. The fourth-order valence-electron chi connectivity index (χ4n) is 2.57. The van der Waals surface area contributed by atoms with Gasteiger partial charge in [0.15, 0.2) is 11.5 Å². The average Bonchev–Trinajstić information content (AvgIpc) is 2.55. The molecule has 1 atom stereocenters. The molecule has 24 heavy (non-hydrogen) atoms. The van der Waals surface area contributed by atoms with Crippen LogP contribution in [0.3, 0.4) is 0 Å². The van der Waals surface area contributed by atoms with Gasteiger partial charge >= 0.3 is 0 Å². The van der Waals surface area contributed by atoms with Crippen molar-refractivity contribution >= 4 is 17.5 Å². The van der Waals surface area contributed by atoms with Crippen LogP contribution in [0.4, 0.5) is 0 Å². The SMILES string of the molecule is COc1cc(C(=O)N2CCO[C@H](C)C2)cc(Cl)c1OCCC(C)C. The highest BCUT2D eigenvalue weighted by Gasteiger charge is 2.24. The van der Waals surface area contributed by atoms with E-state index in [1.807, 2.05) is 6.92 Å². The van der Waals surface area contributed by atoms with Gasteiger partial charge in [-0.2, -0.15) is 0 Å². The lowest BCUT2D eigenvalue weighted by Gasteiger charge is -2.31. The maximum Gasteiger partial charge on any atom is 0.254 e. The third kappa shape index (κ3) is 4.77. The first-order chi connectivity index (χ1) is 11.4. The Hall–Kier alpha value is -1.46. The van der Waals surface area contributed by atoms with E-state index in [1.165, 1.54) is 0 Å². The monoisotopic (exact) mass is 355 g/mol. The average molecular weight is 356 g/mol. The minimum absolute atomic E-state index is 0.0405. The lowest BCUT2D eigenvalue weighted by Crippen LogP contribution is -2.44. The third-order valence-electron chi connectivity index (χ3n) is 3.95. The van der Waals surface area contributed by atoms with Crippen LogP contribution >= 0.6 is 11.6 Å². The van der Waals surface area contributed by atoms with Crippen molar-refractivity contribution in [2.75, 3.05) is 33.4 Å². The number of carbonyl (C=O) groups is 1. The topological polar surface area (TPSA) is 48.0 Å². The summed E-state index contributed by atoms with van der Waals surface area (Å²) in [6.07, 6.45) is 0.963. The summed E-state index contributed by atoms with van der Waals surface area (Å²) in [5.41, 5.74) is 0.502. The zero-order valence-corrected chi connectivity index (χ0v) is 15.6. The van der Waals surface area contributed by atoms with E-state index in [2.05, 4.69) is 13.8 Å². The van der Waals surface area contributed by atoms with Crippen LogP contribution < -0.4 is 9.47 Å². The van der Waals surface area contributed by atoms with Crippen molar-refractivity contribution < 1.29 is 19.0 Å². The lowest BCUT2D eigenvalue weighted by molar-refractivity contribution is -0.0124. The Labute approximate surface area is 148 Å². The van der Waals surface area contributed by atoms with Crippen molar-refractivity contribution in [3.63, 3.8) is 0 Å². The maximum absolute atomic E-state index is 12.7. The molecule has 0 radical (unpaired) electrons. The van der Waals surface area contributed by atoms with Crippen LogP contribution in [0.25, 0.3) is 0 Å². The molecule has 6 heteroatoms. The number of halogens is 1. The molecule has 0 aliphatic carbocycles. The summed E-state index contributed by atoms with van der Waals surface area (Å²) in [6, 6.07) is 3.34. The molecule has 1 aliphatic heterocycles. The first-order valence-electron chi connectivity index (χ1n) is 8.33. The van der Waals surface area contributed by atoms with E-state index in [9.17, 15) is 4.79 Å². The Balaban J connectivity index is 2.17. The number of benzene rings is 1. The quantitative estimate of drug-likeness (QED) is 0.781. The van der Waals surface area contributed by atoms with E-state index in [4.69, 9.17) is 25.8 Å². The van der Waals surface area contributed by atoms with E-state index in [0.717, 1.165) is 6.42 Å². The second-order valence-electron chi connectivity index (χ2n) is 6.45. The van der Waals surface area contributed by atoms with Crippen LogP contribution in [0.15, 0.2) is 12.1 Å². The summed E-state index contributed by atoms with van der Waals surface area (Å²) in [5, 5.41) is 0.391. The number of hydrogen-bond acceptors (Lipinski definition) is 4. The molecule has 134 valence electrons. The fraction of sp³-hybridized carbons (Fsp3) is 0.611. The minimum atomic E-state index is -0.0703. The smallest absolute Gasteiger partial charge is 0.254 e. The van der Waals surface area contributed by atoms with Gasteiger partial charge in [-0.15, -0.1) is 0 Å². The van der Waals surface area contributed by atoms with Crippen molar-refractivity contribution in [1.82, 2.24) is 4.90 Å². The van der Waals surface area contributed by atoms with Crippen LogP contribution in [-0.4, -0.2) is 50.3 Å². The molecule has 0 bridgehead atoms. The number of amides is 1. The summed E-state index contributed by atoms with van der Waals surface area (Å²) >= 11 is 6.34. The van der Waals surface area contributed by atoms with E-state index in [0.29, 0.717) is 54.3 Å². The first kappa shape index (κ1) is 18.9. The Kier molecular flexibility index (Phi) is 6.75. The number of rotatable bonds is 6. The summed E-state index contributed by atoms with van der Waals surface area (Å²) in [5.74, 6) is 1.45. The second-order valence-corrected chi connectivity index (χ2v) is 6.86. The normalized spacial score (nSPS) is 17.9. The van der Waals surface area contributed by atoms with Gasteiger partial charge in [0, 0.05) is 18.7 Å². The van der Waals surface area contributed by atoms with E-state index in [-0.39, 0.29) is 12.0 Å². The van der Waals surface area contributed by atoms with E-state index < -0.39 is 0 Å². The van der Waals surface area contributed by atoms with Gasteiger partial charge in [-0.25, -0.2) is 0 Å². The molecule has 0 saturated carbocycles. The molecule has 1 aliphatic rings. The number of morpholine rings is 1. The number of nitrogens with zero attached hydrogens (tertiary/aromatic N) is 1. The standard InChI is InChI=1S/C18H26ClNO4/c1-12(2)5-7-24-17-15(19)9-14(10-16(17)22-4)18(21)20-6-8-23-13(3)11-20/h9-10,12-13H,5-8,11H2,1-4H3/t13-/m1/s1. The predicted molar refractivity (Wildman–Crippen MR) is 94.3 cm³/mol. The number of methoxy groups -OCH3 is 1. The second kappa shape index (κ2) is 8.58. The molecule has 0 spiro atoms. The molecule has 1 fully saturated rings. The summed E-state index contributed by atoms with van der Waals surface area (Å²) in [6.45, 7) is 8.48. The van der Waals surface area contributed by atoms with Crippen molar-refractivity contribution in [3.05, 3.63) is 22.7 Å². The summed E-state index contributed by atoms with van der Waals surface area (Å²) in [4.78, 5) is 14.5. The molecule has 5 nitrogen and oxygen atoms in total. The number of carbonyl (C=O) groups excluding carboxylic acids is 1. The lowest BCUT2D eigenvalue weighted by atomic mass is 10.1. The molecule has 0 aromatic heterocycles. The Morgan fingerprint density at radius 2 is 2.21 bits per heavy atom. The van der Waals surface area contributed by atoms with Gasteiger partial charge in [-0.3, -0.25) is 4.79 Å². The molecule has 1 aromatic rings. The molecular weight excluding hydrogens is 330 g/mol. The van der Waals surface area contributed by atoms with Crippen molar-refractivity contribution in [3.8, 4) is 11.5 Å². The first-order valence-corrected chi connectivity index (χ1v) is 8.71. The molecule has 1 aromatic carbocycles. The van der Waals surface area contributed by atoms with Gasteiger partial charge in [0.2, 0.25) is 0 Å². The summed E-state index contributed by atoms with van der Waals surface area (Å²) < 4.78 is 16.6. The van der Waals surface area contributed by atoms with Crippen LogP contribution in [0.1, 0.15) is 37.6 Å². The summed E-state index contributed by atoms with van der Waals surface area (Å²) in [7, 11) is 1.55. The fourth-order valence-corrected chi connectivity index (χ4v) is 2.83. The van der Waals surface area contributed by atoms with Crippen LogP contribution in [-0.2, 0) is 4.74 Å². The third-order valence-corrected chi connectivity index (χ3v) is 4.23. The Bertz CT molecular complexity index is 576. The van der Waals surface area contributed by atoms with Crippen LogP contribution in [0, 0.1) is 5.92 Å². The molecule has 1 heterocycles. The van der Waals surface area contributed by atoms with Crippen LogP contribution in [0.5, 0.6) is 11.5 Å². The van der Waals surface area contributed by atoms with Crippen molar-refractivity contribution in [1.29, 1.82) is 0 Å². The van der Waals surface area contributed by atoms with Crippen molar-refractivity contribution in [2.45, 2.75) is 33.3 Å². The van der Waals surface area contributed by atoms with E-state index >= 15 is 0 Å².